The Morgan fingerprint density at radius 1 is 1.25 bits per heavy atom. The Bertz CT molecular complexity index is 475. The second-order valence-corrected chi connectivity index (χ2v) is 5.45. The van der Waals surface area contributed by atoms with Crippen molar-refractivity contribution in [2.24, 2.45) is 5.73 Å². The van der Waals surface area contributed by atoms with Crippen molar-refractivity contribution in [2.45, 2.75) is 6.54 Å². The fourth-order valence-corrected chi connectivity index (χ4v) is 2.51. The number of aliphatic hydroxyl groups is 1. The highest BCUT2D eigenvalue weighted by Gasteiger charge is 2.17. The van der Waals surface area contributed by atoms with E-state index in [1.54, 1.807) is 12.1 Å². The third-order valence-corrected chi connectivity index (χ3v) is 3.85. The quantitative estimate of drug-likeness (QED) is 0.778. The fourth-order valence-electron chi connectivity index (χ4n) is 2.38. The number of thiocarbonyl (C=S) groups is 1. The maximum absolute atomic E-state index is 14.0. The van der Waals surface area contributed by atoms with Crippen molar-refractivity contribution >= 4 is 17.2 Å². The molecule has 3 N–H and O–H groups in total. The molecule has 1 aromatic carbocycles. The summed E-state index contributed by atoms with van der Waals surface area (Å²) in [5, 5.41) is 8.90. The van der Waals surface area contributed by atoms with E-state index in [9.17, 15) is 4.39 Å². The smallest absolute Gasteiger partial charge is 0.128 e. The molecule has 1 aliphatic heterocycles. The van der Waals surface area contributed by atoms with Gasteiger partial charge in [-0.15, -0.1) is 0 Å². The van der Waals surface area contributed by atoms with Gasteiger partial charge in [-0.3, -0.25) is 9.80 Å². The van der Waals surface area contributed by atoms with Crippen LogP contribution in [0.3, 0.4) is 0 Å². The molecule has 0 unspecified atom stereocenters. The number of β-amino-alcohol motifs (C(OH)–C–C–N with tert-alkyl or cyclic N) is 1. The summed E-state index contributed by atoms with van der Waals surface area (Å²) in [5.74, 6) is -0.256. The van der Waals surface area contributed by atoms with Crippen molar-refractivity contribution in [1.82, 2.24) is 9.80 Å². The number of rotatable bonds is 5. The highest BCUT2D eigenvalue weighted by atomic mass is 32.1. The van der Waals surface area contributed by atoms with E-state index in [4.69, 9.17) is 23.1 Å². The Morgan fingerprint density at radius 2 is 1.90 bits per heavy atom. The zero-order chi connectivity index (χ0) is 14.5. The van der Waals surface area contributed by atoms with Crippen molar-refractivity contribution < 1.29 is 9.50 Å². The van der Waals surface area contributed by atoms with E-state index < -0.39 is 0 Å². The summed E-state index contributed by atoms with van der Waals surface area (Å²) >= 11 is 4.84. The van der Waals surface area contributed by atoms with Gasteiger partial charge in [0.25, 0.3) is 0 Å². The van der Waals surface area contributed by atoms with Gasteiger partial charge in [0.1, 0.15) is 10.8 Å². The third kappa shape index (κ3) is 3.96. The van der Waals surface area contributed by atoms with Crippen LogP contribution in [0, 0.1) is 5.82 Å². The Morgan fingerprint density at radius 3 is 2.45 bits per heavy atom. The van der Waals surface area contributed by atoms with E-state index in [0.29, 0.717) is 24.2 Å². The van der Waals surface area contributed by atoms with Gasteiger partial charge in [-0.2, -0.15) is 0 Å². The van der Waals surface area contributed by atoms with Crippen LogP contribution in [0.1, 0.15) is 11.1 Å². The lowest BCUT2D eigenvalue weighted by Crippen LogP contribution is -2.46. The lowest BCUT2D eigenvalue weighted by Gasteiger charge is -2.34. The molecule has 0 saturated carbocycles. The molecule has 20 heavy (non-hydrogen) atoms. The maximum atomic E-state index is 14.0. The van der Waals surface area contributed by atoms with Crippen LogP contribution in [0.15, 0.2) is 18.2 Å². The first kappa shape index (κ1) is 15.3. The van der Waals surface area contributed by atoms with Crippen LogP contribution in [0.4, 0.5) is 4.39 Å². The first-order valence-corrected chi connectivity index (χ1v) is 7.15. The topological polar surface area (TPSA) is 52.7 Å². The van der Waals surface area contributed by atoms with Crippen LogP contribution in [0.2, 0.25) is 0 Å². The summed E-state index contributed by atoms with van der Waals surface area (Å²) in [7, 11) is 0. The number of halogens is 1. The van der Waals surface area contributed by atoms with Crippen molar-refractivity contribution in [3.05, 3.63) is 35.1 Å². The summed E-state index contributed by atoms with van der Waals surface area (Å²) in [6, 6.07) is 4.92. The minimum absolute atomic E-state index is 0.190. The highest BCUT2D eigenvalue weighted by molar-refractivity contribution is 7.80. The zero-order valence-electron chi connectivity index (χ0n) is 11.4. The van der Waals surface area contributed by atoms with Gasteiger partial charge >= 0.3 is 0 Å². The number of hydrogen-bond acceptors (Lipinski definition) is 4. The van der Waals surface area contributed by atoms with Crippen molar-refractivity contribution in [3.8, 4) is 0 Å². The second-order valence-electron chi connectivity index (χ2n) is 5.01. The third-order valence-electron chi connectivity index (χ3n) is 3.61. The van der Waals surface area contributed by atoms with Gasteiger partial charge in [-0.05, 0) is 6.07 Å². The number of nitrogens with two attached hydrogens (primary N) is 1. The molecular formula is C14H20FN3OS. The molecular weight excluding hydrogens is 277 g/mol. The van der Waals surface area contributed by atoms with Crippen LogP contribution in [0.5, 0.6) is 0 Å². The lowest BCUT2D eigenvalue weighted by atomic mass is 10.1. The average Bonchev–Trinajstić information content (AvgIpc) is 2.43. The number of benzene rings is 1. The van der Waals surface area contributed by atoms with Gasteiger partial charge in [0.15, 0.2) is 0 Å². The Labute approximate surface area is 124 Å². The molecule has 0 spiro atoms. The van der Waals surface area contributed by atoms with Crippen LogP contribution < -0.4 is 5.73 Å². The Hall–Kier alpha value is -1.08. The lowest BCUT2D eigenvalue weighted by molar-refractivity contribution is 0.108. The Balaban J connectivity index is 1.93. The fraction of sp³-hybridized carbons (Fsp3) is 0.500. The molecule has 2 rings (SSSR count). The molecule has 0 bridgehead atoms. The van der Waals surface area contributed by atoms with Crippen LogP contribution >= 0.6 is 12.2 Å². The second kappa shape index (κ2) is 7.08. The van der Waals surface area contributed by atoms with Crippen molar-refractivity contribution in [1.29, 1.82) is 0 Å². The molecule has 0 radical (unpaired) electrons. The van der Waals surface area contributed by atoms with Crippen molar-refractivity contribution in [3.63, 3.8) is 0 Å². The SMILES string of the molecule is NC(=S)c1ccc(CN2CCN(CCO)CC2)c(F)c1. The van der Waals surface area contributed by atoms with Gasteiger partial charge in [0.05, 0.1) is 6.61 Å². The number of hydrogen-bond donors (Lipinski definition) is 2. The van der Waals surface area contributed by atoms with E-state index in [0.717, 1.165) is 26.2 Å². The molecule has 1 heterocycles. The molecule has 6 heteroatoms. The van der Waals surface area contributed by atoms with Crippen LogP contribution in [-0.4, -0.2) is 59.2 Å². The molecule has 0 aromatic heterocycles. The summed E-state index contributed by atoms with van der Waals surface area (Å²) < 4.78 is 14.0. The first-order valence-electron chi connectivity index (χ1n) is 6.74. The summed E-state index contributed by atoms with van der Waals surface area (Å²) in [6.45, 7) is 5.09. The highest BCUT2D eigenvalue weighted by Crippen LogP contribution is 2.14. The first-order chi connectivity index (χ1) is 9.60. The zero-order valence-corrected chi connectivity index (χ0v) is 12.2. The molecule has 4 nitrogen and oxygen atoms in total. The maximum Gasteiger partial charge on any atom is 0.128 e. The largest absolute Gasteiger partial charge is 0.395 e. The van der Waals surface area contributed by atoms with E-state index >= 15 is 0 Å². The molecule has 1 aliphatic rings. The molecule has 1 saturated heterocycles. The molecule has 0 aliphatic carbocycles. The average molecular weight is 297 g/mol. The van der Waals surface area contributed by atoms with Gasteiger partial charge in [-0.1, -0.05) is 24.4 Å². The van der Waals surface area contributed by atoms with E-state index in [1.165, 1.54) is 6.07 Å². The number of piperazine rings is 1. The van der Waals surface area contributed by atoms with E-state index in [1.807, 2.05) is 0 Å². The molecule has 0 atom stereocenters. The monoisotopic (exact) mass is 297 g/mol. The van der Waals surface area contributed by atoms with Crippen LogP contribution in [-0.2, 0) is 6.54 Å². The number of aliphatic hydroxyl groups excluding tert-OH is 1. The molecule has 0 amide bonds. The minimum atomic E-state index is -0.256. The molecule has 1 aromatic rings. The predicted octanol–water partition coefficient (Wildman–Crippen LogP) is 0.570. The van der Waals surface area contributed by atoms with E-state index in [2.05, 4.69) is 9.80 Å². The summed E-state index contributed by atoms with van der Waals surface area (Å²) in [5.41, 5.74) is 6.72. The van der Waals surface area contributed by atoms with Gasteiger partial charge in [-0.25, -0.2) is 4.39 Å². The van der Waals surface area contributed by atoms with Gasteiger partial charge in [0, 0.05) is 50.4 Å². The van der Waals surface area contributed by atoms with Gasteiger partial charge in [0.2, 0.25) is 0 Å². The minimum Gasteiger partial charge on any atom is -0.395 e. The number of nitrogens with zero attached hydrogens (tertiary/aromatic N) is 2. The van der Waals surface area contributed by atoms with Crippen LogP contribution in [0.25, 0.3) is 0 Å². The normalized spacial score (nSPS) is 17.3. The summed E-state index contributed by atoms with van der Waals surface area (Å²) in [4.78, 5) is 4.64. The standard InChI is InChI=1S/C14H20FN3OS/c15-13-9-11(14(16)20)1-2-12(13)10-18-5-3-17(4-6-18)7-8-19/h1-2,9,19H,3-8,10H2,(H2,16,20). The molecule has 1 fully saturated rings. The molecule has 110 valence electrons. The Kier molecular flexibility index (Phi) is 5.42. The predicted molar refractivity (Wildman–Crippen MR) is 81.1 cm³/mol. The van der Waals surface area contributed by atoms with E-state index in [-0.39, 0.29) is 17.4 Å². The van der Waals surface area contributed by atoms with Gasteiger partial charge < -0.3 is 10.8 Å². The van der Waals surface area contributed by atoms with Crippen molar-refractivity contribution in [2.75, 3.05) is 39.3 Å². The summed E-state index contributed by atoms with van der Waals surface area (Å²) in [6.07, 6.45) is 0.